The van der Waals surface area contributed by atoms with Crippen molar-refractivity contribution in [2.24, 2.45) is 11.8 Å². The number of ketones is 1. The highest BCUT2D eigenvalue weighted by atomic mass is 31.2. The van der Waals surface area contributed by atoms with Crippen LogP contribution in [0.2, 0.25) is 0 Å². The Morgan fingerprint density at radius 3 is 2.08 bits per heavy atom. The van der Waals surface area contributed by atoms with Gasteiger partial charge in [0.1, 0.15) is 12.4 Å². The van der Waals surface area contributed by atoms with Crippen molar-refractivity contribution in [1.29, 1.82) is 0 Å². The first kappa shape index (κ1) is 48.6. The molecule has 5 atom stereocenters. The smallest absolute Gasteiger partial charge is 0.462 e. The van der Waals surface area contributed by atoms with Crippen molar-refractivity contribution in [2.75, 3.05) is 13.2 Å². The number of carbonyl (C=O) groups is 3. The van der Waals surface area contributed by atoms with E-state index < -0.39 is 50.6 Å². The molecule has 0 aromatic rings. The maximum absolute atomic E-state index is 12.5. The van der Waals surface area contributed by atoms with E-state index in [4.69, 9.17) is 19.3 Å². The molecule has 0 heterocycles. The van der Waals surface area contributed by atoms with Gasteiger partial charge in [-0.25, -0.2) is 4.57 Å². The maximum atomic E-state index is 12.5. The van der Waals surface area contributed by atoms with E-state index in [1.165, 1.54) is 25.7 Å². The summed E-state index contributed by atoms with van der Waals surface area (Å²) in [5, 5.41) is 20.6. The third-order valence-corrected chi connectivity index (χ3v) is 9.71. The van der Waals surface area contributed by atoms with Crippen LogP contribution in [0, 0.1) is 11.8 Å². The standard InChI is InChI=1S/C41H69O11P/c1-3-5-7-8-9-10-11-12-13-14-15-16-17-18-23-27-40(45)50-32-35(33-51-53(47,48)49)52-41(46)28-24-20-19-22-26-36-37(39(44)31-38(36)43)30-29-34(42)25-21-6-4-2/h10-13,19,22,29-30,34-38,42-43H,3-9,14-18,20-21,23-28,31-33H2,1-2H3,(H2,47,48,49)/b11-10-,13-12-,22-19-,30-29+/t34-,35+,36+,37+,38-/m0/s1. The fourth-order valence-electron chi connectivity index (χ4n) is 6.11. The molecule has 0 aliphatic heterocycles. The van der Waals surface area contributed by atoms with E-state index in [0.29, 0.717) is 32.1 Å². The zero-order valence-electron chi connectivity index (χ0n) is 32.4. The summed E-state index contributed by atoms with van der Waals surface area (Å²) in [6, 6.07) is 0. The molecular weight excluding hydrogens is 699 g/mol. The summed E-state index contributed by atoms with van der Waals surface area (Å²) in [4.78, 5) is 55.4. The number of phosphoric acid groups is 1. The minimum absolute atomic E-state index is 0.0160. The number of hydrogen-bond donors (Lipinski definition) is 4. The van der Waals surface area contributed by atoms with Crippen LogP contribution in [-0.2, 0) is 32.9 Å². The average Bonchev–Trinajstić information content (AvgIpc) is 3.38. The van der Waals surface area contributed by atoms with Crippen LogP contribution >= 0.6 is 7.82 Å². The van der Waals surface area contributed by atoms with E-state index in [0.717, 1.165) is 57.8 Å². The summed E-state index contributed by atoms with van der Waals surface area (Å²) in [5.74, 6) is -1.88. The molecule has 4 N–H and O–H groups in total. The van der Waals surface area contributed by atoms with Gasteiger partial charge >= 0.3 is 19.8 Å². The van der Waals surface area contributed by atoms with Crippen LogP contribution in [0.1, 0.15) is 149 Å². The van der Waals surface area contributed by atoms with E-state index in [1.54, 1.807) is 12.2 Å². The van der Waals surface area contributed by atoms with Gasteiger partial charge in [0.2, 0.25) is 0 Å². The molecule has 1 aliphatic carbocycles. The SMILES string of the molecule is CCCCCC/C=C\C=C/CCCCCCCC(=O)OC[C@H](COP(=O)(O)O)OC(=O)CCC/C=C\C[C@H]1[C@@H](O)CC(=O)[C@@H]1/C=C/[C@@H](O)CCCCC. The predicted octanol–water partition coefficient (Wildman–Crippen LogP) is 8.54. The van der Waals surface area contributed by atoms with Gasteiger partial charge < -0.3 is 29.5 Å². The van der Waals surface area contributed by atoms with Crippen LogP contribution in [0.5, 0.6) is 0 Å². The number of esters is 2. The fraction of sp³-hybridized carbons (Fsp3) is 0.732. The van der Waals surface area contributed by atoms with Crippen LogP contribution in [0.4, 0.5) is 0 Å². The van der Waals surface area contributed by atoms with E-state index in [-0.39, 0.29) is 37.6 Å². The van der Waals surface area contributed by atoms with Crippen LogP contribution in [0.15, 0.2) is 48.6 Å². The summed E-state index contributed by atoms with van der Waals surface area (Å²) in [7, 11) is -4.83. The van der Waals surface area contributed by atoms with E-state index in [9.17, 15) is 29.2 Å². The molecule has 12 heteroatoms. The normalized spacial score (nSPS) is 19.3. The Bertz CT molecular complexity index is 1160. The molecule has 0 bridgehead atoms. The molecule has 53 heavy (non-hydrogen) atoms. The molecular formula is C41H69O11P. The molecule has 0 aromatic heterocycles. The Morgan fingerprint density at radius 1 is 0.792 bits per heavy atom. The quantitative estimate of drug-likeness (QED) is 0.0170. The van der Waals surface area contributed by atoms with Crippen LogP contribution < -0.4 is 0 Å². The van der Waals surface area contributed by atoms with Crippen molar-refractivity contribution < 1.29 is 52.9 Å². The van der Waals surface area contributed by atoms with Gasteiger partial charge in [-0.05, 0) is 57.8 Å². The summed E-state index contributed by atoms with van der Waals surface area (Å²) in [6.45, 7) is 3.31. The summed E-state index contributed by atoms with van der Waals surface area (Å²) >= 11 is 0. The largest absolute Gasteiger partial charge is 0.469 e. The third kappa shape index (κ3) is 26.9. The lowest BCUT2D eigenvalue weighted by Crippen LogP contribution is -2.29. The second-order valence-corrected chi connectivity index (χ2v) is 15.3. The van der Waals surface area contributed by atoms with Crippen molar-refractivity contribution >= 4 is 25.5 Å². The number of unbranched alkanes of at least 4 members (excludes halogenated alkanes) is 12. The zero-order chi connectivity index (χ0) is 39.2. The van der Waals surface area contributed by atoms with Crippen LogP contribution in [0.25, 0.3) is 0 Å². The average molecular weight is 769 g/mol. The Hall–Kier alpha value is -2.40. The molecule has 0 aromatic carbocycles. The second-order valence-electron chi connectivity index (χ2n) is 14.1. The van der Waals surface area contributed by atoms with E-state index in [1.807, 2.05) is 12.2 Å². The third-order valence-electron chi connectivity index (χ3n) is 9.22. The van der Waals surface area contributed by atoms with Gasteiger partial charge in [0.05, 0.1) is 18.8 Å². The summed E-state index contributed by atoms with van der Waals surface area (Å²) in [6.07, 6.45) is 30.5. The molecule has 1 saturated carbocycles. The van der Waals surface area contributed by atoms with Gasteiger partial charge in [-0.1, -0.05) is 120 Å². The first-order valence-corrected chi connectivity index (χ1v) is 21.6. The molecule has 0 unspecified atom stereocenters. The molecule has 0 saturated heterocycles. The van der Waals surface area contributed by atoms with Crippen LogP contribution in [-0.4, -0.2) is 69.2 Å². The van der Waals surface area contributed by atoms with Gasteiger partial charge in [0, 0.05) is 31.1 Å². The van der Waals surface area contributed by atoms with E-state index in [2.05, 4.69) is 42.7 Å². The molecule has 0 radical (unpaired) electrons. The number of aliphatic hydroxyl groups is 2. The summed E-state index contributed by atoms with van der Waals surface area (Å²) < 4.78 is 26.3. The van der Waals surface area contributed by atoms with Crippen molar-refractivity contribution in [3.63, 3.8) is 0 Å². The highest BCUT2D eigenvalue weighted by Gasteiger charge is 2.39. The second kappa shape index (κ2) is 30.9. The number of aliphatic hydroxyl groups excluding tert-OH is 2. The molecule has 0 amide bonds. The van der Waals surface area contributed by atoms with Crippen LogP contribution in [0.3, 0.4) is 0 Å². The van der Waals surface area contributed by atoms with Crippen molar-refractivity contribution in [2.45, 2.75) is 167 Å². The zero-order valence-corrected chi connectivity index (χ0v) is 33.3. The molecule has 0 spiro atoms. The number of carbonyl (C=O) groups excluding carboxylic acids is 3. The lowest BCUT2D eigenvalue weighted by atomic mass is 9.90. The molecule has 304 valence electrons. The van der Waals surface area contributed by atoms with Gasteiger partial charge in [0.15, 0.2) is 6.10 Å². The van der Waals surface area contributed by atoms with Gasteiger partial charge in [-0.15, -0.1) is 0 Å². The number of allylic oxidation sites excluding steroid dienone is 7. The first-order chi connectivity index (χ1) is 25.5. The van der Waals surface area contributed by atoms with Gasteiger partial charge in [0.25, 0.3) is 0 Å². The Balaban J connectivity index is 2.34. The molecule has 1 rings (SSSR count). The topological polar surface area (TPSA) is 177 Å². The maximum Gasteiger partial charge on any atom is 0.469 e. The van der Waals surface area contributed by atoms with E-state index >= 15 is 0 Å². The lowest BCUT2D eigenvalue weighted by Gasteiger charge is -2.18. The first-order valence-electron chi connectivity index (χ1n) is 20.1. The number of hydrogen-bond acceptors (Lipinski definition) is 9. The molecule has 11 nitrogen and oxygen atoms in total. The molecule has 1 aliphatic rings. The Labute approximate surface area is 318 Å². The summed E-state index contributed by atoms with van der Waals surface area (Å²) in [5.41, 5.74) is 0. The Morgan fingerprint density at radius 2 is 1.40 bits per heavy atom. The fourth-order valence-corrected chi connectivity index (χ4v) is 6.47. The minimum atomic E-state index is -4.83. The molecule has 1 fully saturated rings. The minimum Gasteiger partial charge on any atom is -0.462 e. The lowest BCUT2D eigenvalue weighted by molar-refractivity contribution is -0.161. The van der Waals surface area contributed by atoms with Crippen molar-refractivity contribution in [3.05, 3.63) is 48.6 Å². The number of rotatable bonds is 32. The number of ether oxygens (including phenoxy) is 2. The monoisotopic (exact) mass is 768 g/mol. The van der Waals surface area contributed by atoms with Crippen molar-refractivity contribution in [1.82, 2.24) is 0 Å². The van der Waals surface area contributed by atoms with Gasteiger partial charge in [-0.2, -0.15) is 0 Å². The highest BCUT2D eigenvalue weighted by Crippen LogP contribution is 2.36. The highest BCUT2D eigenvalue weighted by molar-refractivity contribution is 7.46. The van der Waals surface area contributed by atoms with Crippen molar-refractivity contribution in [3.8, 4) is 0 Å². The predicted molar refractivity (Wildman–Crippen MR) is 208 cm³/mol. The number of phosphoric ester groups is 1. The Kier molecular flexibility index (Phi) is 28.3. The van der Waals surface area contributed by atoms with Gasteiger partial charge in [-0.3, -0.25) is 18.9 Å². The number of Topliss-reactive ketones (excluding diaryl/α,β-unsaturated/α-hetero) is 1.